The van der Waals surface area contributed by atoms with Gasteiger partial charge < -0.3 is 4.90 Å². The number of amides is 1. The van der Waals surface area contributed by atoms with Gasteiger partial charge >= 0.3 is 0 Å². The van der Waals surface area contributed by atoms with Crippen LogP contribution in [-0.2, 0) is 14.8 Å². The zero-order chi connectivity index (χ0) is 18.2. The van der Waals surface area contributed by atoms with Gasteiger partial charge in [-0.05, 0) is 31.5 Å². The summed E-state index contributed by atoms with van der Waals surface area (Å²) < 4.78 is 27.9. The van der Waals surface area contributed by atoms with Gasteiger partial charge in [-0.2, -0.15) is 4.31 Å². The molecule has 0 aromatic heterocycles. The summed E-state index contributed by atoms with van der Waals surface area (Å²) in [6.45, 7) is 5.55. The number of benzene rings is 2. The summed E-state index contributed by atoms with van der Waals surface area (Å²) in [4.78, 5) is 14.1. The Hall–Kier alpha value is -2.18. The largest absolute Gasteiger partial charge is 0.318 e. The highest BCUT2D eigenvalue weighted by atomic mass is 32.2. The Morgan fingerprint density at radius 2 is 1.64 bits per heavy atom. The Balaban J connectivity index is 2.09. The number of hydrogen-bond acceptors (Lipinski definition) is 3. The number of hydrogen-bond donors (Lipinski definition) is 0. The summed E-state index contributed by atoms with van der Waals surface area (Å²) in [7, 11) is -3.71. The minimum atomic E-state index is -3.71. The lowest BCUT2D eigenvalue weighted by Crippen LogP contribution is -2.38. The van der Waals surface area contributed by atoms with E-state index in [2.05, 4.69) is 0 Å². The molecule has 2 atom stereocenters. The van der Waals surface area contributed by atoms with Crippen LogP contribution in [0.4, 0.5) is 0 Å². The number of aryl methyl sites for hydroxylation is 1. The van der Waals surface area contributed by atoms with Crippen LogP contribution >= 0.6 is 0 Å². The van der Waals surface area contributed by atoms with E-state index in [9.17, 15) is 13.2 Å². The maximum Gasteiger partial charge on any atom is 0.245 e. The molecule has 132 valence electrons. The molecule has 0 aliphatic carbocycles. The second kappa shape index (κ2) is 6.61. The smallest absolute Gasteiger partial charge is 0.245 e. The van der Waals surface area contributed by atoms with Gasteiger partial charge in [-0.3, -0.25) is 4.79 Å². The zero-order valence-electron chi connectivity index (χ0n) is 14.6. The Morgan fingerprint density at radius 1 is 1.04 bits per heavy atom. The Morgan fingerprint density at radius 3 is 2.20 bits per heavy atom. The molecule has 1 aliphatic heterocycles. The number of carbonyl (C=O) groups is 1. The molecule has 2 aromatic rings. The molecular formula is C19H22N2O3S. The van der Waals surface area contributed by atoms with Crippen molar-refractivity contribution >= 4 is 15.9 Å². The van der Waals surface area contributed by atoms with Crippen LogP contribution in [0.3, 0.4) is 0 Å². The number of rotatable bonds is 3. The Bertz CT molecular complexity index is 863. The van der Waals surface area contributed by atoms with Crippen molar-refractivity contribution in [2.24, 2.45) is 0 Å². The van der Waals surface area contributed by atoms with Crippen LogP contribution in [0.25, 0.3) is 0 Å². The molecule has 2 aromatic carbocycles. The average molecular weight is 358 g/mol. The van der Waals surface area contributed by atoms with Crippen molar-refractivity contribution < 1.29 is 13.2 Å². The van der Waals surface area contributed by atoms with Crippen LogP contribution in [0.15, 0.2) is 59.5 Å². The molecular weight excluding hydrogens is 336 g/mol. The van der Waals surface area contributed by atoms with Gasteiger partial charge in [0.2, 0.25) is 15.9 Å². The maximum absolute atomic E-state index is 13.2. The van der Waals surface area contributed by atoms with E-state index in [0.29, 0.717) is 0 Å². The molecule has 3 rings (SSSR count). The van der Waals surface area contributed by atoms with Crippen molar-refractivity contribution in [1.82, 2.24) is 9.21 Å². The van der Waals surface area contributed by atoms with E-state index in [0.717, 1.165) is 11.1 Å². The standard InChI is InChI=1S/C19H22N2O3S/c1-14-9-11-18(12-10-14)25(23,24)20-13-15(2)21(16(3)22)19(20)17-7-5-4-6-8-17/h4-12,15,19H,13H2,1-3H3/t15-,19-/m0/s1. The van der Waals surface area contributed by atoms with Crippen LogP contribution in [0, 0.1) is 6.92 Å². The minimum Gasteiger partial charge on any atom is -0.318 e. The van der Waals surface area contributed by atoms with Crippen LogP contribution in [-0.4, -0.2) is 36.1 Å². The second-order valence-electron chi connectivity index (χ2n) is 6.45. The third-order valence-corrected chi connectivity index (χ3v) is 6.38. The van der Waals surface area contributed by atoms with Crippen molar-refractivity contribution in [3.63, 3.8) is 0 Å². The van der Waals surface area contributed by atoms with E-state index in [4.69, 9.17) is 0 Å². The molecule has 0 bridgehead atoms. The van der Waals surface area contributed by atoms with Gasteiger partial charge in [0, 0.05) is 19.5 Å². The van der Waals surface area contributed by atoms with E-state index in [1.165, 1.54) is 11.2 Å². The minimum absolute atomic E-state index is 0.136. The number of sulfonamides is 1. The molecule has 0 spiro atoms. The molecule has 5 nitrogen and oxygen atoms in total. The summed E-state index contributed by atoms with van der Waals surface area (Å²) in [5, 5.41) is 0. The van der Waals surface area contributed by atoms with Crippen LogP contribution < -0.4 is 0 Å². The van der Waals surface area contributed by atoms with E-state index in [1.54, 1.807) is 29.2 Å². The van der Waals surface area contributed by atoms with Crippen LogP contribution in [0.1, 0.15) is 31.1 Å². The third kappa shape index (κ3) is 3.19. The highest BCUT2D eigenvalue weighted by molar-refractivity contribution is 7.89. The molecule has 0 saturated carbocycles. The first-order valence-corrected chi connectivity index (χ1v) is 9.68. The molecule has 25 heavy (non-hydrogen) atoms. The van der Waals surface area contributed by atoms with Gasteiger partial charge in [0.05, 0.1) is 4.90 Å². The van der Waals surface area contributed by atoms with E-state index in [-0.39, 0.29) is 23.4 Å². The fourth-order valence-electron chi connectivity index (χ4n) is 3.34. The molecule has 0 N–H and O–H groups in total. The highest BCUT2D eigenvalue weighted by Gasteiger charge is 2.45. The lowest BCUT2D eigenvalue weighted by molar-refractivity contribution is -0.132. The molecule has 0 unspecified atom stereocenters. The van der Waals surface area contributed by atoms with Crippen LogP contribution in [0.2, 0.25) is 0 Å². The first-order chi connectivity index (χ1) is 11.8. The van der Waals surface area contributed by atoms with Crippen molar-refractivity contribution in [2.45, 2.75) is 37.9 Å². The molecule has 1 heterocycles. The van der Waals surface area contributed by atoms with Crippen molar-refractivity contribution in [3.8, 4) is 0 Å². The number of carbonyl (C=O) groups excluding carboxylic acids is 1. The Kier molecular flexibility index (Phi) is 4.67. The molecule has 1 fully saturated rings. The Labute approximate surface area is 148 Å². The van der Waals surface area contributed by atoms with E-state index in [1.807, 2.05) is 44.2 Å². The first kappa shape index (κ1) is 17.6. The van der Waals surface area contributed by atoms with Gasteiger partial charge in [-0.1, -0.05) is 48.0 Å². The summed E-state index contributed by atoms with van der Waals surface area (Å²) in [5.41, 5.74) is 1.79. The normalized spacial score (nSPS) is 21.5. The van der Waals surface area contributed by atoms with Crippen molar-refractivity contribution in [3.05, 3.63) is 65.7 Å². The topological polar surface area (TPSA) is 57.7 Å². The third-order valence-electron chi connectivity index (χ3n) is 4.54. The fourth-order valence-corrected chi connectivity index (χ4v) is 4.99. The lowest BCUT2D eigenvalue weighted by atomic mass is 10.1. The summed E-state index contributed by atoms with van der Waals surface area (Å²) in [6, 6.07) is 15.9. The fraction of sp³-hybridized carbons (Fsp3) is 0.316. The quantitative estimate of drug-likeness (QED) is 0.848. The van der Waals surface area contributed by atoms with Gasteiger partial charge in [0.1, 0.15) is 6.17 Å². The molecule has 1 saturated heterocycles. The van der Waals surface area contributed by atoms with Gasteiger partial charge in [0.15, 0.2) is 0 Å². The second-order valence-corrected chi connectivity index (χ2v) is 8.34. The molecule has 0 radical (unpaired) electrons. The van der Waals surface area contributed by atoms with Gasteiger partial charge in [-0.25, -0.2) is 8.42 Å². The molecule has 1 aliphatic rings. The summed E-state index contributed by atoms with van der Waals surface area (Å²) in [6.07, 6.45) is -0.625. The predicted octanol–water partition coefficient (Wildman–Crippen LogP) is 2.94. The maximum atomic E-state index is 13.2. The SMILES string of the molecule is CC(=O)N1[C@@H](c2ccccc2)N(S(=O)(=O)c2ccc(C)cc2)C[C@@H]1C. The first-order valence-electron chi connectivity index (χ1n) is 8.24. The average Bonchev–Trinajstić information content (AvgIpc) is 2.94. The van der Waals surface area contributed by atoms with Crippen LogP contribution in [0.5, 0.6) is 0 Å². The lowest BCUT2D eigenvalue weighted by Gasteiger charge is -2.30. The predicted molar refractivity (Wildman–Crippen MR) is 96.2 cm³/mol. The van der Waals surface area contributed by atoms with Gasteiger partial charge in [0.25, 0.3) is 0 Å². The van der Waals surface area contributed by atoms with Crippen molar-refractivity contribution in [1.29, 1.82) is 0 Å². The molecule has 6 heteroatoms. The molecule has 1 amide bonds. The monoisotopic (exact) mass is 358 g/mol. The van der Waals surface area contributed by atoms with Gasteiger partial charge in [-0.15, -0.1) is 0 Å². The van der Waals surface area contributed by atoms with E-state index >= 15 is 0 Å². The highest BCUT2D eigenvalue weighted by Crippen LogP contribution is 2.37. The summed E-state index contributed by atoms with van der Waals surface area (Å²) in [5.74, 6) is -0.136. The summed E-state index contributed by atoms with van der Waals surface area (Å²) >= 11 is 0. The van der Waals surface area contributed by atoms with E-state index < -0.39 is 16.2 Å². The zero-order valence-corrected chi connectivity index (χ0v) is 15.4. The number of nitrogens with zero attached hydrogens (tertiary/aromatic N) is 2. The van der Waals surface area contributed by atoms with Crippen molar-refractivity contribution in [2.75, 3.05) is 6.54 Å².